The van der Waals surface area contributed by atoms with Crippen molar-refractivity contribution in [1.82, 2.24) is 0 Å². The molecule has 27 rings (SSSR count). The summed E-state index contributed by atoms with van der Waals surface area (Å²) in [4.78, 5) is 0. The SMILES string of the molecule is [2H]c1c([2H])c([2H])c(-c2c3ccccc3c(-c3cccc4oc5c(-c6ccc7ccccc7c6)cccc5c34)c3ccccc23)c([2H])c1[2H].[2H]c1c([2H])c([2H])c(-c2c3ccccc3c(-c3cccc4oc5c(-c6cccc(-c7ccccc7)c6)cccc5c34)c3ccccc23)c([2H])c1[2H].[2H]c1c([2H])c([2H])c(-c2c3ccccc3c(-c3cccc4oc5c(-c6cccc7ccccc67)cccc5c34)c3ccccc23)c([2H])c1[2H]. The van der Waals surface area contributed by atoms with Gasteiger partial charge in [-0.15, -0.1) is 0 Å². The zero-order chi connectivity index (χ0) is 99.5. The molecule has 0 aliphatic carbocycles. The number of hydrogen-bond acceptors (Lipinski definition) is 3. The Morgan fingerprint density at radius 3 is 0.817 bits per heavy atom. The van der Waals surface area contributed by atoms with Crippen LogP contribution >= 0.6 is 0 Å². The minimum absolute atomic E-state index is 0.198. The van der Waals surface area contributed by atoms with E-state index in [0.717, 1.165) is 214 Å². The highest BCUT2D eigenvalue weighted by atomic mass is 16.3. The fourth-order valence-electron chi connectivity index (χ4n) is 20.3. The van der Waals surface area contributed by atoms with Gasteiger partial charge in [0.1, 0.15) is 33.5 Å². The lowest BCUT2D eigenvalue weighted by atomic mass is 9.85. The Morgan fingerprint density at radius 2 is 0.412 bits per heavy atom. The second-order valence-corrected chi connectivity index (χ2v) is 32.9. The van der Waals surface area contributed by atoms with Crippen molar-refractivity contribution in [3.8, 4) is 111 Å². The number of furan rings is 3. The van der Waals surface area contributed by atoms with E-state index in [4.69, 9.17) is 33.8 Å². The Bertz CT molecular complexity index is 9980. The van der Waals surface area contributed by atoms with Crippen LogP contribution in [0.5, 0.6) is 0 Å². The van der Waals surface area contributed by atoms with Crippen molar-refractivity contribution in [3.63, 3.8) is 0 Å². The van der Waals surface area contributed by atoms with E-state index in [9.17, 15) is 0 Å². The van der Waals surface area contributed by atoms with E-state index in [1.807, 2.05) is 170 Å². The Morgan fingerprint density at radius 1 is 0.145 bits per heavy atom. The molecular weight excluding hydrogens is 1590 g/mol. The van der Waals surface area contributed by atoms with Crippen LogP contribution in [0.4, 0.5) is 0 Å². The van der Waals surface area contributed by atoms with Crippen molar-refractivity contribution >= 4 is 152 Å². The van der Waals surface area contributed by atoms with E-state index in [2.05, 4.69) is 224 Å². The normalized spacial score (nSPS) is 13.3. The lowest BCUT2D eigenvalue weighted by Crippen LogP contribution is -1.91. The number of hydrogen-bond donors (Lipinski definition) is 0. The van der Waals surface area contributed by atoms with Crippen molar-refractivity contribution < 1.29 is 33.8 Å². The summed E-state index contributed by atoms with van der Waals surface area (Å²) in [5.41, 5.74) is 21.9. The average molecular weight is 1680 g/mol. The van der Waals surface area contributed by atoms with Crippen molar-refractivity contribution in [1.29, 1.82) is 0 Å². The second-order valence-electron chi connectivity index (χ2n) is 32.9. The first-order valence-electron chi connectivity index (χ1n) is 51.3. The molecule has 27 aromatic rings. The molecule has 0 unspecified atom stereocenters. The van der Waals surface area contributed by atoms with Crippen LogP contribution < -0.4 is 0 Å². The van der Waals surface area contributed by atoms with Crippen LogP contribution in [0.1, 0.15) is 20.6 Å². The predicted octanol–water partition coefficient (Wildman–Crippen LogP) is 36.7. The van der Waals surface area contributed by atoms with Crippen LogP contribution in [0.25, 0.3) is 263 Å². The number of para-hydroxylation sites is 3. The molecule has 0 saturated carbocycles. The number of benzene rings is 24. The van der Waals surface area contributed by atoms with E-state index in [0.29, 0.717) is 16.7 Å². The van der Waals surface area contributed by atoms with Gasteiger partial charge in [-0.25, -0.2) is 0 Å². The molecule has 0 aliphatic rings. The fraction of sp³-hybridized carbons (Fsp3) is 0. The molecule has 0 radical (unpaired) electrons. The fourth-order valence-corrected chi connectivity index (χ4v) is 20.3. The maximum absolute atomic E-state index is 8.89. The molecule has 3 heteroatoms. The highest BCUT2D eigenvalue weighted by Crippen LogP contribution is 2.54. The molecule has 0 bridgehead atoms. The van der Waals surface area contributed by atoms with Crippen LogP contribution in [0.3, 0.4) is 0 Å². The second kappa shape index (κ2) is 32.0. The average Bonchev–Trinajstić information content (AvgIpc) is 0.946. The highest BCUT2D eigenvalue weighted by Gasteiger charge is 2.27. The first-order valence-corrected chi connectivity index (χ1v) is 43.8. The molecule has 3 heterocycles. The summed E-state index contributed by atoms with van der Waals surface area (Å²) < 4.78 is 149. The van der Waals surface area contributed by atoms with E-state index in [-0.39, 0.29) is 89.2 Å². The van der Waals surface area contributed by atoms with Crippen molar-refractivity contribution in [2.75, 3.05) is 0 Å². The Kier molecular flexibility index (Phi) is 15.1. The maximum Gasteiger partial charge on any atom is 0.143 e. The molecule has 131 heavy (non-hydrogen) atoms. The molecule has 0 spiro atoms. The third-order valence-electron chi connectivity index (χ3n) is 25.8. The van der Waals surface area contributed by atoms with E-state index >= 15 is 0 Å². The van der Waals surface area contributed by atoms with Crippen LogP contribution in [-0.2, 0) is 0 Å². The van der Waals surface area contributed by atoms with Crippen molar-refractivity contribution in [2.45, 2.75) is 0 Å². The molecule has 0 N–H and O–H groups in total. The van der Waals surface area contributed by atoms with Gasteiger partial charge in [0.05, 0.1) is 20.6 Å². The van der Waals surface area contributed by atoms with Gasteiger partial charge in [-0.05, 0) is 211 Å². The van der Waals surface area contributed by atoms with Gasteiger partial charge in [0.25, 0.3) is 0 Å². The van der Waals surface area contributed by atoms with Gasteiger partial charge in [0.15, 0.2) is 0 Å². The largest absolute Gasteiger partial charge is 0.455 e. The molecule has 3 aromatic heterocycles. The molecular formula is C128H80O3. The van der Waals surface area contributed by atoms with Crippen LogP contribution in [-0.4, -0.2) is 0 Å². The quantitative estimate of drug-likeness (QED) is 0.128. The van der Waals surface area contributed by atoms with Gasteiger partial charge in [-0.1, -0.05) is 455 Å². The standard InChI is InChI=1S/C44H28O.2C42H26O/c1-3-14-29(15-4-1)31-18-11-19-32(28-31)33-24-12-26-39-43-38(25-13-27-40(43)45-44(33)39)42-36-22-9-7-20-34(36)41(30-16-5-2-6-17-30)35-21-8-10-23-37(35)42;1-2-14-28(15-3-1)39-31-18-6-8-20-33(31)40(34-21-9-7-19-32(34)39)36-24-12-26-38-41(36)37-25-11-23-35(42(37)43-38)30-22-10-16-27-13-4-5-17-29(27)30;1-2-13-28(14-3-1)39-32-16-6-8-18-34(32)40(35-19-9-7-17-33(35)39)36-21-11-23-38-41(36)37-22-10-20-31(42(37)43-38)30-25-24-27-12-4-5-15-29(27)26-30/h1-28H;2*1-26H/i2D,5D,6D,16D,17D;1D,2D,3D,14D,15D;1D,2D,3D,13D,14D. The molecule has 0 aliphatic heterocycles. The molecule has 610 valence electrons. The third-order valence-corrected chi connectivity index (χ3v) is 25.8. The highest BCUT2D eigenvalue weighted by molar-refractivity contribution is 6.30. The molecule has 0 saturated heterocycles. The van der Waals surface area contributed by atoms with Gasteiger partial charge >= 0.3 is 0 Å². The smallest absolute Gasteiger partial charge is 0.143 e. The van der Waals surface area contributed by atoms with Gasteiger partial charge < -0.3 is 13.3 Å². The number of rotatable bonds is 10. The topological polar surface area (TPSA) is 39.4 Å². The summed E-state index contributed by atoms with van der Waals surface area (Å²) in [5.74, 6) is 0. The van der Waals surface area contributed by atoms with Gasteiger partial charge in [-0.3, -0.25) is 0 Å². The Labute approximate surface area is 777 Å². The number of fused-ring (bicyclic) bond motifs is 17. The Hall–Kier alpha value is -17.2. The Balaban J connectivity index is 0.000000114. The van der Waals surface area contributed by atoms with E-state index in [1.165, 1.54) is 16.2 Å². The van der Waals surface area contributed by atoms with Gasteiger partial charge in [0.2, 0.25) is 0 Å². The molecule has 0 amide bonds. The molecule has 3 nitrogen and oxygen atoms in total. The summed E-state index contributed by atoms with van der Waals surface area (Å²) in [6, 6.07) is 129. The first kappa shape index (κ1) is 62.0. The molecule has 0 fully saturated rings. The summed E-state index contributed by atoms with van der Waals surface area (Å²) in [6.45, 7) is 0. The summed E-state index contributed by atoms with van der Waals surface area (Å²) >= 11 is 0. The van der Waals surface area contributed by atoms with Crippen LogP contribution in [0, 0.1) is 0 Å². The zero-order valence-corrected chi connectivity index (χ0v) is 70.3. The maximum atomic E-state index is 8.89. The molecule has 0 atom stereocenters. The van der Waals surface area contributed by atoms with Crippen molar-refractivity contribution in [2.24, 2.45) is 0 Å². The lowest BCUT2D eigenvalue weighted by molar-refractivity contribution is 0.669. The monoisotopic (exact) mass is 1680 g/mol. The van der Waals surface area contributed by atoms with Gasteiger partial charge in [-0.2, -0.15) is 0 Å². The molecule has 24 aromatic carbocycles. The van der Waals surface area contributed by atoms with Crippen LogP contribution in [0.15, 0.2) is 498 Å². The van der Waals surface area contributed by atoms with Crippen LogP contribution in [0.2, 0.25) is 0 Å². The first-order chi connectivity index (χ1) is 71.3. The third kappa shape index (κ3) is 12.9. The minimum atomic E-state index is -0.404. The minimum Gasteiger partial charge on any atom is -0.455 e. The van der Waals surface area contributed by atoms with Crippen molar-refractivity contribution in [3.05, 3.63) is 485 Å². The van der Waals surface area contributed by atoms with E-state index in [1.54, 1.807) is 0 Å². The zero-order valence-electron chi connectivity index (χ0n) is 85.3. The summed E-state index contributed by atoms with van der Waals surface area (Å²) in [6.07, 6.45) is 0. The van der Waals surface area contributed by atoms with Gasteiger partial charge in [0, 0.05) is 49.0 Å². The van der Waals surface area contributed by atoms with E-state index < -0.39 is 18.1 Å². The summed E-state index contributed by atoms with van der Waals surface area (Å²) in [7, 11) is 0. The predicted molar refractivity (Wildman–Crippen MR) is 556 cm³/mol. The summed E-state index contributed by atoms with van der Waals surface area (Å²) in [5, 5.41) is 21.1. The lowest BCUT2D eigenvalue weighted by Gasteiger charge is -2.18.